The summed E-state index contributed by atoms with van der Waals surface area (Å²) in [6.45, 7) is 3.99. The minimum absolute atomic E-state index is 0.0643. The van der Waals surface area contributed by atoms with Gasteiger partial charge in [-0.25, -0.2) is 5.43 Å². The normalized spacial score (nSPS) is 11.3. The van der Waals surface area contributed by atoms with E-state index in [9.17, 15) is 9.90 Å². The molecule has 5 nitrogen and oxygen atoms in total. The lowest BCUT2D eigenvalue weighted by molar-refractivity contribution is -0.121. The number of rotatable bonds is 10. The van der Waals surface area contributed by atoms with Gasteiger partial charge in [0.25, 0.3) is 0 Å². The Labute approximate surface area is 138 Å². The molecule has 1 aromatic rings. The van der Waals surface area contributed by atoms with Crippen molar-refractivity contribution < 1.29 is 14.6 Å². The van der Waals surface area contributed by atoms with Gasteiger partial charge in [0.05, 0.1) is 12.8 Å². The van der Waals surface area contributed by atoms with Gasteiger partial charge in [0.2, 0.25) is 5.91 Å². The van der Waals surface area contributed by atoms with Crippen molar-refractivity contribution in [3.05, 3.63) is 23.8 Å². The van der Waals surface area contributed by atoms with Crippen LogP contribution in [-0.2, 0) is 4.79 Å². The molecule has 0 aliphatic heterocycles. The molecule has 23 heavy (non-hydrogen) atoms. The smallest absolute Gasteiger partial charge is 0.240 e. The number of hydrogen-bond donors (Lipinski definition) is 2. The monoisotopic (exact) mass is 320 g/mol. The average molecular weight is 320 g/mol. The van der Waals surface area contributed by atoms with Crippen LogP contribution in [0.15, 0.2) is 23.3 Å². The molecule has 0 spiro atoms. The van der Waals surface area contributed by atoms with Crippen LogP contribution in [0.2, 0.25) is 0 Å². The Hall–Kier alpha value is -2.04. The highest BCUT2D eigenvalue weighted by molar-refractivity contribution is 5.99. The summed E-state index contributed by atoms with van der Waals surface area (Å²) in [7, 11) is 1.49. The van der Waals surface area contributed by atoms with Gasteiger partial charge in [-0.2, -0.15) is 5.10 Å². The van der Waals surface area contributed by atoms with Gasteiger partial charge in [-0.15, -0.1) is 0 Å². The van der Waals surface area contributed by atoms with E-state index in [0.29, 0.717) is 17.9 Å². The number of phenols is 1. The van der Waals surface area contributed by atoms with Gasteiger partial charge >= 0.3 is 0 Å². The Morgan fingerprint density at radius 1 is 1.22 bits per heavy atom. The second-order valence-corrected chi connectivity index (χ2v) is 5.64. The van der Waals surface area contributed by atoms with Crippen LogP contribution in [0.3, 0.4) is 0 Å². The molecule has 0 bridgehead atoms. The third-order valence-electron chi connectivity index (χ3n) is 3.70. The maximum atomic E-state index is 11.8. The third-order valence-corrected chi connectivity index (χ3v) is 3.70. The van der Waals surface area contributed by atoms with E-state index < -0.39 is 0 Å². The fourth-order valence-electron chi connectivity index (χ4n) is 2.24. The Morgan fingerprint density at radius 2 is 1.91 bits per heavy atom. The van der Waals surface area contributed by atoms with Crippen molar-refractivity contribution in [1.29, 1.82) is 0 Å². The number of aromatic hydroxyl groups is 1. The molecule has 0 aliphatic rings. The zero-order chi connectivity index (χ0) is 17.1. The van der Waals surface area contributed by atoms with Crippen LogP contribution in [0.5, 0.6) is 11.5 Å². The Morgan fingerprint density at radius 3 is 2.61 bits per heavy atom. The average Bonchev–Trinajstić information content (AvgIpc) is 2.56. The van der Waals surface area contributed by atoms with Gasteiger partial charge in [-0.1, -0.05) is 39.0 Å². The number of methoxy groups -OCH3 is 1. The van der Waals surface area contributed by atoms with E-state index in [-0.39, 0.29) is 11.7 Å². The molecule has 1 rings (SSSR count). The molecule has 0 heterocycles. The zero-order valence-electron chi connectivity index (χ0n) is 14.4. The van der Waals surface area contributed by atoms with E-state index in [0.717, 1.165) is 18.4 Å². The van der Waals surface area contributed by atoms with E-state index in [2.05, 4.69) is 17.5 Å². The Kier molecular flexibility index (Phi) is 8.80. The molecule has 0 fully saturated rings. The number of hydrazone groups is 1. The number of ether oxygens (including phenoxy) is 1. The van der Waals surface area contributed by atoms with Crippen molar-refractivity contribution in [3.8, 4) is 11.5 Å². The van der Waals surface area contributed by atoms with Crippen LogP contribution >= 0.6 is 0 Å². The summed E-state index contributed by atoms with van der Waals surface area (Å²) < 4.78 is 5.06. The van der Waals surface area contributed by atoms with Crippen LogP contribution in [0.25, 0.3) is 0 Å². The zero-order valence-corrected chi connectivity index (χ0v) is 14.4. The predicted molar refractivity (Wildman–Crippen MR) is 93.0 cm³/mol. The molecular weight excluding hydrogens is 292 g/mol. The summed E-state index contributed by atoms with van der Waals surface area (Å²) >= 11 is 0. The van der Waals surface area contributed by atoms with Crippen LogP contribution in [0.4, 0.5) is 0 Å². The molecule has 0 unspecified atom stereocenters. The van der Waals surface area contributed by atoms with E-state index >= 15 is 0 Å². The number of hydrogen-bond acceptors (Lipinski definition) is 4. The third kappa shape index (κ3) is 7.17. The maximum Gasteiger partial charge on any atom is 0.240 e. The lowest BCUT2D eigenvalue weighted by atomic mass is 10.1. The summed E-state index contributed by atoms with van der Waals surface area (Å²) in [5, 5.41) is 13.7. The molecule has 0 atom stereocenters. The minimum Gasteiger partial charge on any atom is -0.504 e. The second kappa shape index (κ2) is 10.6. The molecule has 0 saturated carbocycles. The first-order chi connectivity index (χ1) is 11.1. The molecule has 128 valence electrons. The number of phenolic OH excluding ortho intramolecular Hbond substituents is 1. The fourth-order valence-corrected chi connectivity index (χ4v) is 2.24. The second-order valence-electron chi connectivity index (χ2n) is 5.64. The van der Waals surface area contributed by atoms with Gasteiger partial charge < -0.3 is 9.84 Å². The van der Waals surface area contributed by atoms with Crippen LogP contribution in [0.1, 0.15) is 64.4 Å². The molecule has 0 saturated heterocycles. The first kappa shape index (κ1) is 19.0. The SMILES string of the molecule is CCCCCCCCC(=O)N/N=C(\C)c1ccc(O)c(OC)c1. The summed E-state index contributed by atoms with van der Waals surface area (Å²) in [4.78, 5) is 11.8. The molecule has 5 heteroatoms. The number of amides is 1. The molecule has 2 N–H and O–H groups in total. The van der Waals surface area contributed by atoms with E-state index in [4.69, 9.17) is 4.74 Å². The topological polar surface area (TPSA) is 70.9 Å². The largest absolute Gasteiger partial charge is 0.504 e. The number of carbonyl (C=O) groups excluding carboxylic acids is 1. The van der Waals surface area contributed by atoms with Crippen molar-refractivity contribution in [3.63, 3.8) is 0 Å². The Bertz CT molecular complexity index is 527. The van der Waals surface area contributed by atoms with Crippen LogP contribution in [0, 0.1) is 0 Å². The summed E-state index contributed by atoms with van der Waals surface area (Å²) in [6, 6.07) is 4.97. The minimum atomic E-state index is -0.0643. The molecule has 1 amide bonds. The number of unbranched alkanes of at least 4 members (excludes halogenated alkanes) is 5. The van der Waals surface area contributed by atoms with Gasteiger partial charge in [0.1, 0.15) is 0 Å². The van der Waals surface area contributed by atoms with Crippen molar-refractivity contribution in [2.75, 3.05) is 7.11 Å². The first-order valence-electron chi connectivity index (χ1n) is 8.29. The van der Waals surface area contributed by atoms with Crippen molar-refractivity contribution in [1.82, 2.24) is 5.43 Å². The summed E-state index contributed by atoms with van der Waals surface area (Å²) in [5.41, 5.74) is 4.04. The number of carbonyl (C=O) groups is 1. The summed E-state index contributed by atoms with van der Waals surface area (Å²) in [6.07, 6.45) is 7.43. The molecule has 0 radical (unpaired) electrons. The van der Waals surface area contributed by atoms with Gasteiger partial charge in [-0.05, 0) is 31.5 Å². The van der Waals surface area contributed by atoms with Gasteiger partial charge in [0.15, 0.2) is 11.5 Å². The first-order valence-corrected chi connectivity index (χ1v) is 8.29. The Balaban J connectivity index is 2.39. The molecule has 1 aromatic carbocycles. The van der Waals surface area contributed by atoms with Crippen LogP contribution < -0.4 is 10.2 Å². The van der Waals surface area contributed by atoms with Crippen molar-refractivity contribution in [2.45, 2.75) is 58.8 Å². The van der Waals surface area contributed by atoms with E-state index in [1.807, 2.05) is 0 Å². The van der Waals surface area contributed by atoms with E-state index in [1.54, 1.807) is 25.1 Å². The van der Waals surface area contributed by atoms with Crippen molar-refractivity contribution in [2.24, 2.45) is 5.10 Å². The summed E-state index contributed by atoms with van der Waals surface area (Å²) in [5.74, 6) is 0.400. The number of benzene rings is 1. The highest BCUT2D eigenvalue weighted by Gasteiger charge is 2.06. The highest BCUT2D eigenvalue weighted by atomic mass is 16.5. The number of nitrogens with zero attached hydrogens (tertiary/aromatic N) is 1. The quantitative estimate of drug-likeness (QED) is 0.389. The van der Waals surface area contributed by atoms with Gasteiger partial charge in [-0.3, -0.25) is 4.79 Å². The van der Waals surface area contributed by atoms with Crippen LogP contribution in [-0.4, -0.2) is 23.8 Å². The maximum absolute atomic E-state index is 11.8. The molecule has 0 aromatic heterocycles. The number of nitrogens with one attached hydrogen (secondary N) is 1. The predicted octanol–water partition coefficient (Wildman–Crippen LogP) is 3.99. The standard InChI is InChI=1S/C18H28N2O3/c1-4-5-6-7-8-9-10-18(22)20-19-14(2)15-11-12-16(21)17(13-15)23-3/h11-13,21H,4-10H2,1-3H3,(H,20,22)/b19-14+. The van der Waals surface area contributed by atoms with Gasteiger partial charge in [0, 0.05) is 12.0 Å². The fraction of sp³-hybridized carbons (Fsp3) is 0.556. The lowest BCUT2D eigenvalue weighted by Gasteiger charge is -2.07. The lowest BCUT2D eigenvalue weighted by Crippen LogP contribution is -2.18. The molecular formula is C18H28N2O3. The highest BCUT2D eigenvalue weighted by Crippen LogP contribution is 2.26. The van der Waals surface area contributed by atoms with Crippen molar-refractivity contribution >= 4 is 11.6 Å². The van der Waals surface area contributed by atoms with E-state index in [1.165, 1.54) is 32.8 Å². The molecule has 0 aliphatic carbocycles.